The largest absolute Gasteiger partial charge is 0.348 e. The van der Waals surface area contributed by atoms with Gasteiger partial charge in [-0.1, -0.05) is 42.5 Å². The van der Waals surface area contributed by atoms with E-state index in [1.165, 1.54) is 5.56 Å². The molecule has 1 unspecified atom stereocenters. The lowest BCUT2D eigenvalue weighted by molar-refractivity contribution is -0.134. The van der Waals surface area contributed by atoms with Crippen molar-refractivity contribution in [1.29, 1.82) is 0 Å². The Morgan fingerprint density at radius 3 is 2.62 bits per heavy atom. The number of nitrogens with zero attached hydrogens (tertiary/aromatic N) is 4. The molecule has 5 nitrogen and oxygen atoms in total. The van der Waals surface area contributed by atoms with Crippen molar-refractivity contribution in [3.8, 4) is 0 Å². The van der Waals surface area contributed by atoms with Gasteiger partial charge in [0.25, 0.3) is 0 Å². The van der Waals surface area contributed by atoms with E-state index in [1.807, 2.05) is 36.4 Å². The number of likely N-dealkylation sites (tertiary alicyclic amines) is 1. The van der Waals surface area contributed by atoms with Crippen molar-refractivity contribution in [2.45, 2.75) is 37.6 Å². The van der Waals surface area contributed by atoms with E-state index in [-0.39, 0.29) is 11.4 Å². The zero-order valence-corrected chi connectivity index (χ0v) is 16.6. The van der Waals surface area contributed by atoms with Gasteiger partial charge in [0.15, 0.2) is 0 Å². The molecular weight excluding hydrogens is 360 g/mol. The first-order chi connectivity index (χ1) is 14.3. The van der Waals surface area contributed by atoms with Crippen molar-refractivity contribution in [2.24, 2.45) is 0 Å². The van der Waals surface area contributed by atoms with Crippen LogP contribution < -0.4 is 4.90 Å². The molecule has 1 amide bonds. The number of anilines is 1. The maximum Gasteiger partial charge on any atom is 0.222 e. The standard InChI is InChI=1S/C24H26N4O/c29-22(12-11-19-7-2-1-3-8-19)27-15-6-13-24(17-27)14-16-28(24)23-20-9-4-5-10-21(20)25-18-26-23/h1-5,7-10,18H,6,11-17H2. The topological polar surface area (TPSA) is 49.3 Å². The number of hydrogen-bond acceptors (Lipinski definition) is 4. The minimum absolute atomic E-state index is 0.0256. The molecule has 3 aromatic rings. The predicted octanol–water partition coefficient (Wildman–Crippen LogP) is 3.83. The highest BCUT2D eigenvalue weighted by Gasteiger charge is 2.49. The number of amides is 1. The molecule has 148 valence electrons. The van der Waals surface area contributed by atoms with Crippen LogP contribution >= 0.6 is 0 Å². The van der Waals surface area contributed by atoms with Crippen LogP contribution in [0.25, 0.3) is 10.9 Å². The van der Waals surface area contributed by atoms with Gasteiger partial charge in [-0.15, -0.1) is 0 Å². The monoisotopic (exact) mass is 386 g/mol. The second-order valence-corrected chi connectivity index (χ2v) is 8.24. The second-order valence-electron chi connectivity index (χ2n) is 8.24. The van der Waals surface area contributed by atoms with Crippen LogP contribution in [-0.2, 0) is 11.2 Å². The van der Waals surface area contributed by atoms with Crippen molar-refractivity contribution >= 4 is 22.6 Å². The van der Waals surface area contributed by atoms with Gasteiger partial charge in [-0.25, -0.2) is 9.97 Å². The molecule has 0 radical (unpaired) electrons. The third kappa shape index (κ3) is 3.35. The number of rotatable bonds is 4. The van der Waals surface area contributed by atoms with Gasteiger partial charge in [0.1, 0.15) is 12.1 Å². The van der Waals surface area contributed by atoms with Gasteiger partial charge in [-0.2, -0.15) is 0 Å². The lowest BCUT2D eigenvalue weighted by atomic mass is 9.77. The van der Waals surface area contributed by atoms with Crippen LogP contribution in [0.5, 0.6) is 0 Å². The van der Waals surface area contributed by atoms with Crippen molar-refractivity contribution in [3.63, 3.8) is 0 Å². The van der Waals surface area contributed by atoms with Crippen molar-refractivity contribution < 1.29 is 4.79 Å². The molecule has 1 atom stereocenters. The van der Waals surface area contributed by atoms with Crippen LogP contribution in [0, 0.1) is 0 Å². The highest BCUT2D eigenvalue weighted by Crippen LogP contribution is 2.43. The molecule has 2 saturated heterocycles. The number of hydrogen-bond donors (Lipinski definition) is 0. The molecule has 29 heavy (non-hydrogen) atoms. The number of para-hydroxylation sites is 1. The number of piperidine rings is 1. The molecule has 2 fully saturated rings. The lowest BCUT2D eigenvalue weighted by Crippen LogP contribution is -2.68. The third-order valence-electron chi connectivity index (χ3n) is 6.53. The van der Waals surface area contributed by atoms with E-state index >= 15 is 0 Å². The van der Waals surface area contributed by atoms with E-state index in [4.69, 9.17) is 0 Å². The Morgan fingerprint density at radius 1 is 0.966 bits per heavy atom. The molecule has 5 rings (SSSR count). The Balaban J connectivity index is 1.32. The molecule has 5 heteroatoms. The van der Waals surface area contributed by atoms with Gasteiger partial charge in [-0.3, -0.25) is 4.79 Å². The van der Waals surface area contributed by atoms with Crippen LogP contribution in [0.15, 0.2) is 60.9 Å². The molecule has 0 saturated carbocycles. The Kier molecular flexibility index (Phi) is 4.66. The SMILES string of the molecule is O=C(CCc1ccccc1)N1CCCC2(CCN2c2ncnc3ccccc23)C1. The number of aryl methyl sites for hydroxylation is 1. The van der Waals surface area contributed by atoms with E-state index in [0.717, 1.165) is 62.0 Å². The Morgan fingerprint density at radius 2 is 1.79 bits per heavy atom. The van der Waals surface area contributed by atoms with Crippen molar-refractivity contribution in [2.75, 3.05) is 24.5 Å². The first-order valence-electron chi connectivity index (χ1n) is 10.5. The highest BCUT2D eigenvalue weighted by atomic mass is 16.2. The zero-order chi connectivity index (χ0) is 19.7. The van der Waals surface area contributed by atoms with Gasteiger partial charge in [0.2, 0.25) is 5.91 Å². The maximum atomic E-state index is 12.9. The molecule has 0 aliphatic carbocycles. The summed E-state index contributed by atoms with van der Waals surface area (Å²) in [7, 11) is 0. The minimum atomic E-state index is 0.0256. The van der Waals surface area contributed by atoms with E-state index < -0.39 is 0 Å². The molecule has 1 aromatic heterocycles. The van der Waals surface area contributed by atoms with Gasteiger partial charge in [0.05, 0.1) is 11.1 Å². The van der Waals surface area contributed by atoms with Gasteiger partial charge in [-0.05, 0) is 43.4 Å². The van der Waals surface area contributed by atoms with Crippen molar-refractivity contribution in [1.82, 2.24) is 14.9 Å². The summed E-state index contributed by atoms with van der Waals surface area (Å²) in [4.78, 5) is 26.5. The van der Waals surface area contributed by atoms with Gasteiger partial charge in [0, 0.05) is 31.4 Å². The lowest BCUT2D eigenvalue weighted by Gasteiger charge is -2.57. The minimum Gasteiger partial charge on any atom is -0.348 e. The summed E-state index contributed by atoms with van der Waals surface area (Å²) >= 11 is 0. The quantitative estimate of drug-likeness (QED) is 0.684. The molecular formula is C24H26N4O. The Bertz CT molecular complexity index is 1020. The fourth-order valence-corrected chi connectivity index (χ4v) is 4.88. The van der Waals surface area contributed by atoms with Crippen molar-refractivity contribution in [3.05, 3.63) is 66.5 Å². The zero-order valence-electron chi connectivity index (χ0n) is 16.6. The van der Waals surface area contributed by atoms with Crippen LogP contribution in [-0.4, -0.2) is 45.9 Å². The molecule has 2 aromatic carbocycles. The normalized spacial score (nSPS) is 21.4. The summed E-state index contributed by atoms with van der Waals surface area (Å²) in [6.45, 7) is 2.67. The third-order valence-corrected chi connectivity index (χ3v) is 6.53. The van der Waals surface area contributed by atoms with Crippen LogP contribution in [0.4, 0.5) is 5.82 Å². The molecule has 0 bridgehead atoms. The van der Waals surface area contributed by atoms with E-state index in [1.54, 1.807) is 6.33 Å². The van der Waals surface area contributed by atoms with Crippen LogP contribution in [0.2, 0.25) is 0 Å². The van der Waals surface area contributed by atoms with E-state index in [2.05, 4.69) is 38.0 Å². The number of aromatic nitrogens is 2. The van der Waals surface area contributed by atoms with E-state index in [0.29, 0.717) is 6.42 Å². The number of carbonyl (C=O) groups excluding carboxylic acids is 1. The smallest absolute Gasteiger partial charge is 0.222 e. The molecule has 1 spiro atoms. The molecule has 2 aliphatic rings. The van der Waals surface area contributed by atoms with Gasteiger partial charge < -0.3 is 9.80 Å². The average molecular weight is 386 g/mol. The summed E-state index contributed by atoms with van der Waals surface area (Å²) in [6, 6.07) is 18.5. The van der Waals surface area contributed by atoms with Gasteiger partial charge >= 0.3 is 0 Å². The Labute approximate surface area is 171 Å². The van der Waals surface area contributed by atoms with Crippen LogP contribution in [0.3, 0.4) is 0 Å². The summed E-state index contributed by atoms with van der Waals surface area (Å²) in [6.07, 6.45) is 6.34. The van der Waals surface area contributed by atoms with Crippen LogP contribution in [0.1, 0.15) is 31.2 Å². The summed E-state index contributed by atoms with van der Waals surface area (Å²) in [5.41, 5.74) is 2.23. The summed E-state index contributed by atoms with van der Waals surface area (Å²) in [5, 5.41) is 1.10. The molecule has 2 aliphatic heterocycles. The maximum absolute atomic E-state index is 12.9. The highest BCUT2D eigenvalue weighted by molar-refractivity contribution is 5.90. The summed E-state index contributed by atoms with van der Waals surface area (Å²) < 4.78 is 0. The second kappa shape index (κ2) is 7.47. The number of benzene rings is 2. The first-order valence-corrected chi connectivity index (χ1v) is 10.5. The fourth-order valence-electron chi connectivity index (χ4n) is 4.88. The fraction of sp³-hybridized carbons (Fsp3) is 0.375. The van der Waals surface area contributed by atoms with E-state index in [9.17, 15) is 4.79 Å². The average Bonchev–Trinajstić information content (AvgIpc) is 2.78. The molecule has 0 N–H and O–H groups in total. The Hall–Kier alpha value is -2.95. The predicted molar refractivity (Wildman–Crippen MR) is 115 cm³/mol. The number of carbonyl (C=O) groups is 1. The first kappa shape index (κ1) is 18.1. The molecule has 3 heterocycles. The number of fused-ring (bicyclic) bond motifs is 1. The summed E-state index contributed by atoms with van der Waals surface area (Å²) in [5.74, 6) is 1.28.